The van der Waals surface area contributed by atoms with Gasteiger partial charge < -0.3 is 10.5 Å². The lowest BCUT2D eigenvalue weighted by Crippen LogP contribution is -2.11. The molecule has 23 heavy (non-hydrogen) atoms. The van der Waals surface area contributed by atoms with Crippen LogP contribution < -0.4 is 10.5 Å². The number of pyridine rings is 1. The van der Waals surface area contributed by atoms with Crippen LogP contribution in [-0.4, -0.2) is 31.3 Å². The van der Waals surface area contributed by atoms with E-state index >= 15 is 0 Å². The molecular formula is C15H13N7O. The van der Waals surface area contributed by atoms with E-state index < -0.39 is 0 Å². The summed E-state index contributed by atoms with van der Waals surface area (Å²) in [5, 5.41) is 13.5. The topological polar surface area (TPSA) is 116 Å². The summed E-state index contributed by atoms with van der Waals surface area (Å²) >= 11 is 0. The van der Waals surface area contributed by atoms with E-state index in [1.165, 1.54) is 4.68 Å². The van der Waals surface area contributed by atoms with E-state index in [0.29, 0.717) is 13.0 Å². The minimum atomic E-state index is 0.0161. The summed E-state index contributed by atoms with van der Waals surface area (Å²) in [7, 11) is 0. The van der Waals surface area contributed by atoms with Crippen LogP contribution in [0.5, 0.6) is 5.88 Å². The van der Waals surface area contributed by atoms with Crippen LogP contribution in [0.3, 0.4) is 0 Å². The number of nitriles is 1. The number of aromatic nitrogens is 5. The van der Waals surface area contributed by atoms with Crippen LogP contribution in [0.1, 0.15) is 11.3 Å². The predicted octanol–water partition coefficient (Wildman–Crippen LogP) is 1.13. The Bertz CT molecular complexity index is 825. The molecule has 3 rings (SSSR count). The molecule has 3 aromatic heterocycles. The van der Waals surface area contributed by atoms with Crippen LogP contribution in [0.25, 0.3) is 5.82 Å². The van der Waals surface area contributed by atoms with Gasteiger partial charge in [-0.15, -0.1) is 0 Å². The third-order valence-corrected chi connectivity index (χ3v) is 3.03. The molecule has 0 fully saturated rings. The molecule has 0 amide bonds. The first-order chi connectivity index (χ1) is 11.3. The van der Waals surface area contributed by atoms with Crippen LogP contribution >= 0.6 is 0 Å². The maximum Gasteiger partial charge on any atom is 0.238 e. The van der Waals surface area contributed by atoms with E-state index in [2.05, 4.69) is 20.1 Å². The summed E-state index contributed by atoms with van der Waals surface area (Å²) in [4.78, 5) is 12.3. The van der Waals surface area contributed by atoms with Crippen molar-refractivity contribution in [1.29, 1.82) is 5.26 Å². The molecule has 0 aromatic carbocycles. The zero-order chi connectivity index (χ0) is 16.1. The Morgan fingerprint density at radius 2 is 2.13 bits per heavy atom. The van der Waals surface area contributed by atoms with E-state index in [-0.39, 0.29) is 23.2 Å². The van der Waals surface area contributed by atoms with Crippen molar-refractivity contribution in [3.8, 4) is 17.8 Å². The Hall–Kier alpha value is -3.47. The Labute approximate surface area is 132 Å². The molecule has 2 N–H and O–H groups in total. The van der Waals surface area contributed by atoms with Crippen molar-refractivity contribution in [1.82, 2.24) is 24.7 Å². The number of rotatable bonds is 5. The molecule has 0 saturated heterocycles. The molecule has 3 heterocycles. The number of hydrogen-bond acceptors (Lipinski definition) is 7. The van der Waals surface area contributed by atoms with E-state index in [0.717, 1.165) is 5.69 Å². The van der Waals surface area contributed by atoms with Gasteiger partial charge in [0.05, 0.1) is 6.61 Å². The molecule has 114 valence electrons. The second-order valence-corrected chi connectivity index (χ2v) is 4.57. The first-order valence-electron chi connectivity index (χ1n) is 6.88. The highest BCUT2D eigenvalue weighted by Gasteiger charge is 2.16. The molecule has 8 nitrogen and oxygen atoms in total. The average molecular weight is 307 g/mol. The fourth-order valence-electron chi connectivity index (χ4n) is 2.01. The monoisotopic (exact) mass is 307 g/mol. The fourth-order valence-corrected chi connectivity index (χ4v) is 2.01. The van der Waals surface area contributed by atoms with Gasteiger partial charge >= 0.3 is 0 Å². The minimum Gasteiger partial charge on any atom is -0.476 e. The molecule has 3 aromatic rings. The van der Waals surface area contributed by atoms with E-state index in [9.17, 15) is 5.26 Å². The highest BCUT2D eigenvalue weighted by Crippen LogP contribution is 2.22. The minimum absolute atomic E-state index is 0.0161. The van der Waals surface area contributed by atoms with Crippen LogP contribution in [0, 0.1) is 11.3 Å². The predicted molar refractivity (Wildman–Crippen MR) is 81.7 cm³/mol. The van der Waals surface area contributed by atoms with Crippen molar-refractivity contribution in [2.45, 2.75) is 6.42 Å². The summed E-state index contributed by atoms with van der Waals surface area (Å²) in [5.41, 5.74) is 6.78. The van der Waals surface area contributed by atoms with Crippen LogP contribution in [-0.2, 0) is 6.42 Å². The lowest BCUT2D eigenvalue weighted by Gasteiger charge is -2.10. The molecule has 0 bridgehead atoms. The summed E-state index contributed by atoms with van der Waals surface area (Å²) < 4.78 is 7.06. The first-order valence-corrected chi connectivity index (χ1v) is 6.88. The van der Waals surface area contributed by atoms with Crippen molar-refractivity contribution in [3.63, 3.8) is 0 Å². The Morgan fingerprint density at radius 3 is 2.83 bits per heavy atom. The van der Waals surface area contributed by atoms with Gasteiger partial charge in [-0.3, -0.25) is 4.98 Å². The fraction of sp³-hybridized carbons (Fsp3) is 0.133. The number of nitrogens with two attached hydrogens (primary N) is 1. The molecule has 0 atom stereocenters. The average Bonchev–Trinajstić information content (AvgIpc) is 3.10. The van der Waals surface area contributed by atoms with Crippen LogP contribution in [0.4, 0.5) is 5.95 Å². The van der Waals surface area contributed by atoms with Gasteiger partial charge in [-0.1, -0.05) is 6.07 Å². The smallest absolute Gasteiger partial charge is 0.238 e. The van der Waals surface area contributed by atoms with E-state index in [1.54, 1.807) is 24.7 Å². The maximum absolute atomic E-state index is 9.40. The number of nitrogen functional groups attached to an aromatic ring is 1. The number of anilines is 1. The van der Waals surface area contributed by atoms with Gasteiger partial charge in [0.15, 0.2) is 11.4 Å². The molecule has 0 aliphatic heterocycles. The van der Waals surface area contributed by atoms with E-state index in [1.807, 2.05) is 24.3 Å². The third kappa shape index (κ3) is 3.24. The lowest BCUT2D eigenvalue weighted by atomic mass is 10.3. The van der Waals surface area contributed by atoms with Gasteiger partial charge in [-0.25, -0.2) is 4.68 Å². The van der Waals surface area contributed by atoms with Crippen LogP contribution in [0.15, 0.2) is 42.9 Å². The normalized spacial score (nSPS) is 10.2. The SMILES string of the molecule is N#Cc1c(OCCc2ccccn2)nc(N)nc1-n1cccn1. The highest BCUT2D eigenvalue weighted by atomic mass is 16.5. The number of hydrogen-bond donors (Lipinski definition) is 1. The second kappa shape index (κ2) is 6.53. The molecule has 0 saturated carbocycles. The molecule has 0 unspecified atom stereocenters. The maximum atomic E-state index is 9.40. The van der Waals surface area contributed by atoms with Crippen LogP contribution in [0.2, 0.25) is 0 Å². The second-order valence-electron chi connectivity index (χ2n) is 4.57. The van der Waals surface area contributed by atoms with Gasteiger partial charge in [0.1, 0.15) is 6.07 Å². The quantitative estimate of drug-likeness (QED) is 0.751. The summed E-state index contributed by atoms with van der Waals surface area (Å²) in [6, 6.07) is 9.42. The Kier molecular flexibility index (Phi) is 4.11. The van der Waals surface area contributed by atoms with Crippen molar-refractivity contribution in [2.75, 3.05) is 12.3 Å². The molecular weight excluding hydrogens is 294 g/mol. The highest BCUT2D eigenvalue weighted by molar-refractivity contribution is 5.52. The third-order valence-electron chi connectivity index (χ3n) is 3.03. The van der Waals surface area contributed by atoms with Crippen molar-refractivity contribution < 1.29 is 4.74 Å². The molecule has 0 spiro atoms. The standard InChI is InChI=1S/C15H13N7O/c16-10-12-13(22-8-3-7-19-22)20-15(17)21-14(12)23-9-5-11-4-1-2-6-18-11/h1-4,6-8H,5,9H2,(H2,17,20,21). The number of nitrogens with zero attached hydrogens (tertiary/aromatic N) is 6. The molecule has 0 radical (unpaired) electrons. The van der Waals surface area contributed by atoms with Crippen molar-refractivity contribution in [2.24, 2.45) is 0 Å². The molecule has 0 aliphatic carbocycles. The zero-order valence-corrected chi connectivity index (χ0v) is 12.1. The van der Waals surface area contributed by atoms with Gasteiger partial charge in [-0.05, 0) is 18.2 Å². The Balaban J connectivity index is 1.83. The van der Waals surface area contributed by atoms with Gasteiger partial charge in [0, 0.05) is 30.7 Å². The van der Waals surface area contributed by atoms with Crippen molar-refractivity contribution >= 4 is 5.95 Å². The number of ether oxygens (including phenoxy) is 1. The van der Waals surface area contributed by atoms with Gasteiger partial charge in [0.25, 0.3) is 0 Å². The Morgan fingerprint density at radius 1 is 1.22 bits per heavy atom. The van der Waals surface area contributed by atoms with Gasteiger partial charge in [0.2, 0.25) is 11.8 Å². The van der Waals surface area contributed by atoms with E-state index in [4.69, 9.17) is 10.5 Å². The van der Waals surface area contributed by atoms with Crippen molar-refractivity contribution in [3.05, 3.63) is 54.1 Å². The van der Waals surface area contributed by atoms with Gasteiger partial charge in [-0.2, -0.15) is 20.3 Å². The lowest BCUT2D eigenvalue weighted by molar-refractivity contribution is 0.307. The summed E-state index contributed by atoms with van der Waals surface area (Å²) in [6.07, 6.45) is 5.56. The summed E-state index contributed by atoms with van der Waals surface area (Å²) in [6.45, 7) is 0.320. The zero-order valence-electron chi connectivity index (χ0n) is 12.1. The molecule has 0 aliphatic rings. The first kappa shape index (κ1) is 14.5. The largest absolute Gasteiger partial charge is 0.476 e. The molecule has 8 heteroatoms. The summed E-state index contributed by atoms with van der Waals surface area (Å²) in [5.74, 6) is 0.446.